The summed E-state index contributed by atoms with van der Waals surface area (Å²) in [5.74, 6) is 0. The highest BCUT2D eigenvalue weighted by Crippen LogP contribution is 2.10. The van der Waals surface area contributed by atoms with Crippen molar-refractivity contribution in [2.45, 2.75) is 6.92 Å². The van der Waals surface area contributed by atoms with E-state index >= 15 is 0 Å². The molecular weight excluding hydrogens is 361 g/mol. The Labute approximate surface area is 134 Å². The van der Waals surface area contributed by atoms with E-state index in [4.69, 9.17) is 0 Å². The van der Waals surface area contributed by atoms with Gasteiger partial charge in [0.15, 0.2) is 0 Å². The van der Waals surface area contributed by atoms with Crippen LogP contribution in [0.5, 0.6) is 0 Å². The summed E-state index contributed by atoms with van der Waals surface area (Å²) < 4.78 is 1.22. The molecular formula is C16H20IN3. The summed E-state index contributed by atoms with van der Waals surface area (Å²) in [4.78, 5) is 0. The topological polar surface area (TPSA) is 36.4 Å². The Bertz CT molecular complexity index is 518. The Morgan fingerprint density at radius 2 is 1.50 bits per heavy atom. The van der Waals surface area contributed by atoms with E-state index in [1.54, 1.807) is 0 Å². The molecule has 3 nitrogen and oxygen atoms in total. The van der Waals surface area contributed by atoms with E-state index in [9.17, 15) is 0 Å². The van der Waals surface area contributed by atoms with E-state index in [1.807, 2.05) is 44.6 Å². The van der Waals surface area contributed by atoms with Gasteiger partial charge in [-0.1, -0.05) is 29.8 Å². The molecule has 0 spiro atoms. The largest absolute Gasteiger partial charge is 0.323 e. The summed E-state index contributed by atoms with van der Waals surface area (Å²) in [7, 11) is 3.75. The van der Waals surface area contributed by atoms with Crippen molar-refractivity contribution in [3.63, 3.8) is 0 Å². The average molecular weight is 381 g/mol. The van der Waals surface area contributed by atoms with Crippen molar-refractivity contribution in [3.05, 3.63) is 63.2 Å². The van der Waals surface area contributed by atoms with Gasteiger partial charge in [-0.3, -0.25) is 5.43 Å². The smallest absolute Gasteiger partial charge is 0.0562 e. The summed E-state index contributed by atoms with van der Waals surface area (Å²) in [6.45, 7) is 2.07. The molecule has 0 atom stereocenters. The Morgan fingerprint density at radius 1 is 0.950 bits per heavy atom. The number of hydrogen-bond donors (Lipinski definition) is 2. The van der Waals surface area contributed by atoms with E-state index in [1.165, 1.54) is 9.13 Å². The van der Waals surface area contributed by atoms with Gasteiger partial charge in [0.25, 0.3) is 0 Å². The predicted octanol–water partition coefficient (Wildman–Crippen LogP) is 3.88. The fourth-order valence-electron chi connectivity index (χ4n) is 1.36. The summed E-state index contributed by atoms with van der Waals surface area (Å²) in [6.07, 6.45) is 1.82. The zero-order valence-corrected chi connectivity index (χ0v) is 14.2. The van der Waals surface area contributed by atoms with Gasteiger partial charge in [0.05, 0.1) is 11.9 Å². The van der Waals surface area contributed by atoms with Crippen molar-refractivity contribution in [2.24, 2.45) is 5.10 Å². The molecule has 20 heavy (non-hydrogen) atoms. The highest BCUT2D eigenvalue weighted by atomic mass is 127. The number of rotatable bonds is 3. The van der Waals surface area contributed by atoms with Gasteiger partial charge in [0, 0.05) is 3.57 Å². The molecule has 0 saturated carbocycles. The van der Waals surface area contributed by atoms with Crippen LogP contribution in [0.2, 0.25) is 0 Å². The maximum Gasteiger partial charge on any atom is 0.0562 e. The molecule has 4 heteroatoms. The number of hydrazone groups is 1. The number of nitrogens with zero attached hydrogens (tertiary/aromatic N) is 1. The maximum atomic E-state index is 4.19. The number of hydrogen-bond acceptors (Lipinski definition) is 3. The summed E-state index contributed by atoms with van der Waals surface area (Å²) in [6, 6.07) is 16.4. The standard InChI is InChI=1S/C14H13IN2.C2H7N/c1-11-2-4-12(5-3-11)10-16-17-14-8-6-13(15)7-9-14;1-3-2/h2-10,17H,1H3;3H,1-2H3. The summed E-state index contributed by atoms with van der Waals surface area (Å²) in [5.41, 5.74) is 6.34. The molecule has 2 N–H and O–H groups in total. The first-order valence-corrected chi connectivity index (χ1v) is 7.43. The van der Waals surface area contributed by atoms with Gasteiger partial charge in [-0.05, 0) is 73.4 Å². The minimum Gasteiger partial charge on any atom is -0.323 e. The molecule has 0 bridgehead atoms. The normalized spacial score (nSPS) is 10.0. The Morgan fingerprint density at radius 3 is 2.05 bits per heavy atom. The molecule has 2 rings (SSSR count). The third-order valence-electron chi connectivity index (χ3n) is 2.33. The monoisotopic (exact) mass is 381 g/mol. The second-order valence-electron chi connectivity index (χ2n) is 4.29. The first kappa shape index (κ1) is 16.7. The molecule has 0 saturated heterocycles. The molecule has 2 aromatic carbocycles. The zero-order valence-electron chi connectivity index (χ0n) is 12.0. The van der Waals surface area contributed by atoms with Crippen LogP contribution in [-0.4, -0.2) is 20.3 Å². The van der Waals surface area contributed by atoms with Crippen LogP contribution in [0.15, 0.2) is 53.6 Å². The second-order valence-corrected chi connectivity index (χ2v) is 5.53. The van der Waals surface area contributed by atoms with Crippen LogP contribution in [-0.2, 0) is 0 Å². The lowest BCUT2D eigenvalue weighted by molar-refractivity contribution is 1.02. The molecule has 0 aliphatic rings. The van der Waals surface area contributed by atoms with Crippen LogP contribution >= 0.6 is 22.6 Å². The van der Waals surface area contributed by atoms with Crippen LogP contribution < -0.4 is 10.7 Å². The molecule has 106 valence electrons. The number of benzene rings is 2. The lowest BCUT2D eigenvalue weighted by Crippen LogP contribution is -1.90. The fraction of sp³-hybridized carbons (Fsp3) is 0.188. The fourth-order valence-corrected chi connectivity index (χ4v) is 1.72. The van der Waals surface area contributed by atoms with Crippen molar-refractivity contribution in [3.8, 4) is 0 Å². The van der Waals surface area contributed by atoms with Gasteiger partial charge in [0.1, 0.15) is 0 Å². The van der Waals surface area contributed by atoms with Crippen molar-refractivity contribution in [1.29, 1.82) is 0 Å². The number of nitrogens with one attached hydrogen (secondary N) is 2. The van der Waals surface area contributed by atoms with Gasteiger partial charge in [-0.25, -0.2) is 0 Å². The van der Waals surface area contributed by atoms with Gasteiger partial charge in [-0.2, -0.15) is 5.10 Å². The maximum absolute atomic E-state index is 4.19. The molecule has 0 fully saturated rings. The molecule has 2 aromatic rings. The van der Waals surface area contributed by atoms with Crippen LogP contribution in [0.3, 0.4) is 0 Å². The molecule has 0 aromatic heterocycles. The molecule has 0 aliphatic heterocycles. The predicted molar refractivity (Wildman–Crippen MR) is 96.5 cm³/mol. The van der Waals surface area contributed by atoms with Crippen molar-refractivity contribution >= 4 is 34.5 Å². The van der Waals surface area contributed by atoms with Crippen molar-refractivity contribution in [1.82, 2.24) is 5.32 Å². The number of anilines is 1. The van der Waals surface area contributed by atoms with E-state index in [0.29, 0.717) is 0 Å². The zero-order chi connectivity index (χ0) is 14.8. The molecule has 0 unspecified atom stereocenters. The lowest BCUT2D eigenvalue weighted by Gasteiger charge is -1.99. The van der Waals surface area contributed by atoms with Gasteiger partial charge >= 0.3 is 0 Å². The van der Waals surface area contributed by atoms with Gasteiger partial charge < -0.3 is 5.32 Å². The third kappa shape index (κ3) is 6.68. The Balaban J connectivity index is 0.000000612. The van der Waals surface area contributed by atoms with Crippen LogP contribution in [0.25, 0.3) is 0 Å². The van der Waals surface area contributed by atoms with Crippen molar-refractivity contribution < 1.29 is 0 Å². The number of aryl methyl sites for hydroxylation is 1. The SMILES string of the molecule is CNC.Cc1ccc(C=NNc2ccc(I)cc2)cc1. The average Bonchev–Trinajstić information content (AvgIpc) is 2.44. The molecule has 0 radical (unpaired) electrons. The van der Waals surface area contributed by atoms with Gasteiger partial charge in [0.2, 0.25) is 0 Å². The van der Waals surface area contributed by atoms with Crippen LogP contribution in [0.1, 0.15) is 11.1 Å². The van der Waals surface area contributed by atoms with E-state index < -0.39 is 0 Å². The quantitative estimate of drug-likeness (QED) is 0.481. The molecule has 0 amide bonds. The first-order chi connectivity index (χ1) is 9.65. The third-order valence-corrected chi connectivity index (χ3v) is 3.05. The van der Waals surface area contributed by atoms with Crippen LogP contribution in [0.4, 0.5) is 5.69 Å². The van der Waals surface area contributed by atoms with Crippen LogP contribution in [0, 0.1) is 10.5 Å². The van der Waals surface area contributed by atoms with Gasteiger partial charge in [-0.15, -0.1) is 0 Å². The van der Waals surface area contributed by atoms with Crippen molar-refractivity contribution in [2.75, 3.05) is 19.5 Å². The molecule has 0 heterocycles. The van der Waals surface area contributed by atoms with E-state index in [2.05, 4.69) is 69.6 Å². The second kappa shape index (κ2) is 9.50. The highest BCUT2D eigenvalue weighted by Gasteiger charge is 1.90. The molecule has 0 aliphatic carbocycles. The summed E-state index contributed by atoms with van der Waals surface area (Å²) in [5, 5.41) is 6.94. The first-order valence-electron chi connectivity index (χ1n) is 6.35. The van der Waals surface area contributed by atoms with E-state index in [0.717, 1.165) is 11.3 Å². The minimum atomic E-state index is 0.994. The Hall–Kier alpha value is -1.40. The highest BCUT2D eigenvalue weighted by molar-refractivity contribution is 14.1. The lowest BCUT2D eigenvalue weighted by atomic mass is 10.2. The van der Waals surface area contributed by atoms with E-state index in [-0.39, 0.29) is 0 Å². The number of halogens is 1. The Kier molecular flexibility index (Phi) is 7.91. The summed E-state index contributed by atoms with van der Waals surface area (Å²) >= 11 is 2.28. The minimum absolute atomic E-state index is 0.994.